The Morgan fingerprint density at radius 2 is 1.70 bits per heavy atom. The molecule has 0 atom stereocenters. The molecule has 4 rings (SSSR count). The minimum atomic E-state index is -0.616. The van der Waals surface area contributed by atoms with Gasteiger partial charge in [-0.3, -0.25) is 19.8 Å². The highest BCUT2D eigenvalue weighted by Crippen LogP contribution is 2.34. The molecule has 2 aromatic carbocycles. The van der Waals surface area contributed by atoms with Crippen molar-refractivity contribution in [1.82, 2.24) is 4.90 Å². The minimum absolute atomic E-state index is 0.125. The maximum absolute atomic E-state index is 12.5. The first-order chi connectivity index (χ1) is 17.6. The molecule has 2 N–H and O–H groups in total. The van der Waals surface area contributed by atoms with Crippen LogP contribution in [0.3, 0.4) is 0 Å². The largest absolute Gasteiger partial charge is 0.444 e. The molecule has 1 aliphatic heterocycles. The number of carbonyl (C=O) groups is 3. The average molecular weight is 518 g/mol. The normalized spacial score (nSPS) is 14.2. The molecule has 8 heteroatoms. The molecule has 0 radical (unpaired) electrons. The fourth-order valence-corrected chi connectivity index (χ4v) is 4.72. The van der Waals surface area contributed by atoms with Gasteiger partial charge in [0, 0.05) is 23.4 Å². The second-order valence-electron chi connectivity index (χ2n) is 9.76. The Balaban J connectivity index is 1.57. The van der Waals surface area contributed by atoms with Gasteiger partial charge in [-0.25, -0.2) is 4.79 Å². The van der Waals surface area contributed by atoms with Gasteiger partial charge >= 0.3 is 6.09 Å². The molecule has 7 nitrogen and oxygen atoms in total. The molecule has 1 fully saturated rings. The zero-order chi connectivity index (χ0) is 26.6. The lowest BCUT2D eigenvalue weighted by Crippen LogP contribution is -2.28. The highest BCUT2D eigenvalue weighted by atomic mass is 32.1. The van der Waals surface area contributed by atoms with E-state index >= 15 is 0 Å². The topological polar surface area (TPSA) is 87.7 Å². The van der Waals surface area contributed by atoms with Crippen molar-refractivity contribution in [3.63, 3.8) is 0 Å². The molecule has 1 aromatic heterocycles. The van der Waals surface area contributed by atoms with Crippen LogP contribution in [0.5, 0.6) is 0 Å². The smallest absolute Gasteiger partial charge is 0.412 e. The Hall–Kier alpha value is -3.91. The summed E-state index contributed by atoms with van der Waals surface area (Å²) in [5, 5.41) is 8.35. The molecule has 37 heavy (non-hydrogen) atoms. The lowest BCUT2D eigenvalue weighted by molar-refractivity contribution is -0.139. The lowest BCUT2D eigenvalue weighted by Gasteiger charge is -2.21. The Bertz CT molecular complexity index is 1310. The van der Waals surface area contributed by atoms with Gasteiger partial charge in [-0.2, -0.15) is 0 Å². The number of benzene rings is 2. The number of allylic oxidation sites excluding steroid dienone is 1. The number of thiophene rings is 1. The van der Waals surface area contributed by atoms with Crippen LogP contribution in [-0.2, 0) is 20.9 Å². The SMILES string of the molecule is C/C=C(\Nc1cc(-c2cccs2)ccc1NC(=O)OC(C)(C)C)c1ccc(CN2C(=O)CCC2=O)cc1. The number of rotatable bonds is 7. The number of hydrogen-bond donors (Lipinski definition) is 2. The first kappa shape index (κ1) is 26.2. The molecule has 0 aliphatic carbocycles. The number of hydrogen-bond acceptors (Lipinski definition) is 6. The summed E-state index contributed by atoms with van der Waals surface area (Å²) < 4.78 is 5.46. The molecule has 1 saturated heterocycles. The second kappa shape index (κ2) is 11.0. The highest BCUT2D eigenvalue weighted by Gasteiger charge is 2.28. The molecular formula is C29H31N3O4S. The van der Waals surface area contributed by atoms with Gasteiger partial charge in [0.2, 0.25) is 11.8 Å². The summed E-state index contributed by atoms with van der Waals surface area (Å²) in [7, 11) is 0. The summed E-state index contributed by atoms with van der Waals surface area (Å²) in [5.74, 6) is -0.249. The third kappa shape index (κ3) is 6.65. The van der Waals surface area contributed by atoms with E-state index in [1.165, 1.54) is 4.90 Å². The maximum atomic E-state index is 12.5. The van der Waals surface area contributed by atoms with Crippen molar-refractivity contribution >= 4 is 46.3 Å². The molecule has 0 saturated carbocycles. The van der Waals surface area contributed by atoms with Crippen molar-refractivity contribution in [3.05, 3.63) is 77.2 Å². The average Bonchev–Trinajstić information content (AvgIpc) is 3.49. The maximum Gasteiger partial charge on any atom is 0.412 e. The first-order valence-corrected chi connectivity index (χ1v) is 13.0. The molecule has 3 amide bonds. The number of imide groups is 1. The first-order valence-electron chi connectivity index (χ1n) is 12.2. The van der Waals surface area contributed by atoms with Crippen LogP contribution in [0.2, 0.25) is 0 Å². The number of carbonyl (C=O) groups excluding carboxylic acids is 3. The van der Waals surface area contributed by atoms with Crippen LogP contribution >= 0.6 is 11.3 Å². The number of amides is 3. The van der Waals surface area contributed by atoms with Crippen molar-refractivity contribution < 1.29 is 19.1 Å². The van der Waals surface area contributed by atoms with Gasteiger partial charge < -0.3 is 10.1 Å². The van der Waals surface area contributed by atoms with Gasteiger partial charge in [0.25, 0.3) is 0 Å². The van der Waals surface area contributed by atoms with Crippen molar-refractivity contribution in [3.8, 4) is 10.4 Å². The van der Waals surface area contributed by atoms with Crippen LogP contribution in [0.25, 0.3) is 16.1 Å². The number of nitrogens with zero attached hydrogens (tertiary/aromatic N) is 1. The predicted octanol–water partition coefficient (Wildman–Crippen LogP) is 6.88. The Morgan fingerprint density at radius 1 is 1.00 bits per heavy atom. The fourth-order valence-electron chi connectivity index (χ4n) is 3.99. The standard InChI is InChI=1S/C29H31N3O4S/c1-5-22(20-10-8-19(9-11-20)18-32-26(33)14-15-27(32)34)30-24-17-21(25-7-6-16-37-25)12-13-23(24)31-28(35)36-29(2,3)4/h5-13,16-17,30H,14-15,18H2,1-4H3,(H,31,35)/b22-5-. The zero-order valence-corrected chi connectivity index (χ0v) is 22.3. The van der Waals surface area contributed by atoms with E-state index in [0.717, 1.165) is 33.0 Å². The summed E-state index contributed by atoms with van der Waals surface area (Å²) >= 11 is 1.64. The van der Waals surface area contributed by atoms with Gasteiger partial charge in [0.15, 0.2) is 0 Å². The quantitative estimate of drug-likeness (QED) is 0.334. The Labute approximate surface area is 221 Å². The van der Waals surface area contributed by atoms with Crippen LogP contribution in [-0.4, -0.2) is 28.4 Å². The van der Waals surface area contributed by atoms with Gasteiger partial charge in [-0.05, 0) is 68.0 Å². The van der Waals surface area contributed by atoms with E-state index in [2.05, 4.69) is 16.7 Å². The van der Waals surface area contributed by atoms with Crippen LogP contribution < -0.4 is 10.6 Å². The van der Waals surface area contributed by atoms with E-state index < -0.39 is 11.7 Å². The summed E-state index contributed by atoms with van der Waals surface area (Å²) in [6, 6.07) is 17.6. The number of likely N-dealkylation sites (tertiary alicyclic amines) is 1. The van der Waals surface area contributed by atoms with Gasteiger partial charge in [-0.15, -0.1) is 11.3 Å². The lowest BCUT2D eigenvalue weighted by atomic mass is 10.1. The molecule has 0 spiro atoms. The number of nitrogens with one attached hydrogen (secondary N) is 2. The molecule has 2 heterocycles. The van der Waals surface area contributed by atoms with E-state index in [0.29, 0.717) is 5.69 Å². The van der Waals surface area contributed by atoms with Gasteiger partial charge in [0.1, 0.15) is 5.60 Å². The summed E-state index contributed by atoms with van der Waals surface area (Å²) in [4.78, 5) is 38.9. The van der Waals surface area contributed by atoms with Crippen LogP contribution in [0.4, 0.5) is 16.2 Å². The predicted molar refractivity (Wildman–Crippen MR) is 148 cm³/mol. The van der Waals surface area contributed by atoms with Crippen molar-refractivity contribution in [2.24, 2.45) is 0 Å². The van der Waals surface area contributed by atoms with E-state index in [1.807, 2.05) is 87.7 Å². The van der Waals surface area contributed by atoms with E-state index in [9.17, 15) is 14.4 Å². The molecule has 192 valence electrons. The molecule has 3 aromatic rings. The third-order valence-electron chi connectivity index (χ3n) is 5.78. The molecule has 0 unspecified atom stereocenters. The molecule has 0 bridgehead atoms. The molecule has 1 aliphatic rings. The van der Waals surface area contributed by atoms with Crippen LogP contribution in [0, 0.1) is 0 Å². The van der Waals surface area contributed by atoms with E-state index in [4.69, 9.17) is 4.74 Å². The minimum Gasteiger partial charge on any atom is -0.444 e. The highest BCUT2D eigenvalue weighted by molar-refractivity contribution is 7.13. The van der Waals surface area contributed by atoms with Gasteiger partial charge in [-0.1, -0.05) is 42.5 Å². The van der Waals surface area contributed by atoms with Crippen molar-refractivity contribution in [2.75, 3.05) is 10.6 Å². The fraction of sp³-hybridized carbons (Fsp3) is 0.276. The Kier molecular flexibility index (Phi) is 7.78. The van der Waals surface area contributed by atoms with Crippen molar-refractivity contribution in [1.29, 1.82) is 0 Å². The zero-order valence-electron chi connectivity index (χ0n) is 21.5. The monoisotopic (exact) mass is 517 g/mol. The van der Waals surface area contributed by atoms with E-state index in [-0.39, 0.29) is 31.2 Å². The Morgan fingerprint density at radius 3 is 2.30 bits per heavy atom. The summed E-state index contributed by atoms with van der Waals surface area (Å²) in [6.07, 6.45) is 2.00. The van der Waals surface area contributed by atoms with Gasteiger partial charge in [0.05, 0.1) is 17.9 Å². The summed E-state index contributed by atoms with van der Waals surface area (Å²) in [5.41, 5.74) is 4.38. The van der Waals surface area contributed by atoms with Crippen LogP contribution in [0.1, 0.15) is 51.7 Å². The number of anilines is 2. The van der Waals surface area contributed by atoms with E-state index in [1.54, 1.807) is 11.3 Å². The molecular weight excluding hydrogens is 486 g/mol. The van der Waals surface area contributed by atoms with Crippen molar-refractivity contribution in [2.45, 2.75) is 52.7 Å². The second-order valence-corrected chi connectivity index (χ2v) is 10.7. The summed E-state index contributed by atoms with van der Waals surface area (Å²) in [6.45, 7) is 7.68. The third-order valence-corrected chi connectivity index (χ3v) is 6.70. The number of ether oxygens (including phenoxy) is 1. The van der Waals surface area contributed by atoms with Crippen LogP contribution in [0.15, 0.2) is 66.1 Å².